The summed E-state index contributed by atoms with van der Waals surface area (Å²) in [6, 6.07) is 5.96. The molecule has 2 aromatic heterocycles. The number of nitrogens with two attached hydrogens (primary N) is 1. The van der Waals surface area contributed by atoms with Crippen LogP contribution in [0.2, 0.25) is 10.0 Å². The average Bonchev–Trinajstić information content (AvgIpc) is 3.14. The van der Waals surface area contributed by atoms with Gasteiger partial charge in [0.1, 0.15) is 18.0 Å². The fourth-order valence-electron chi connectivity index (χ4n) is 2.12. The summed E-state index contributed by atoms with van der Waals surface area (Å²) in [7, 11) is 0. The van der Waals surface area contributed by atoms with Crippen LogP contribution >= 0.6 is 23.2 Å². The summed E-state index contributed by atoms with van der Waals surface area (Å²) in [4.78, 5) is 33.1. The van der Waals surface area contributed by atoms with Crippen molar-refractivity contribution >= 4 is 57.7 Å². The van der Waals surface area contributed by atoms with Crippen molar-refractivity contribution in [2.24, 2.45) is 10.8 Å². The summed E-state index contributed by atoms with van der Waals surface area (Å²) in [6.45, 7) is 0. The van der Waals surface area contributed by atoms with Crippen LogP contribution in [-0.4, -0.2) is 32.7 Å². The molecule has 0 radical (unpaired) electrons. The van der Waals surface area contributed by atoms with Crippen LogP contribution in [0.5, 0.6) is 11.6 Å². The number of aromatic amines is 1. The van der Waals surface area contributed by atoms with Gasteiger partial charge in [-0.05, 0) is 18.2 Å². The Balaban J connectivity index is 1.83. The van der Waals surface area contributed by atoms with E-state index in [1.807, 2.05) is 0 Å². The first-order valence-electron chi connectivity index (χ1n) is 7.59. The molecule has 2 heterocycles. The SMILES string of the molecule is N#CC(=NNc1cc(Cl)c(Oc2ncnc3[nH]ccc23)c(Cl)c1)C(=O)OC(N)=O. The first kappa shape index (κ1) is 19.9. The molecule has 0 spiro atoms. The van der Waals surface area contributed by atoms with Gasteiger partial charge in [0.05, 0.1) is 21.1 Å². The number of fused-ring (bicyclic) bond motifs is 1. The largest absolute Gasteiger partial charge is 0.435 e. The minimum Gasteiger partial charge on any atom is -0.435 e. The van der Waals surface area contributed by atoms with Gasteiger partial charge >= 0.3 is 12.1 Å². The monoisotopic (exact) mass is 433 g/mol. The van der Waals surface area contributed by atoms with Gasteiger partial charge in [-0.25, -0.2) is 19.6 Å². The molecular formula is C16H9Cl2N7O4. The number of hydrogen-bond donors (Lipinski definition) is 3. The van der Waals surface area contributed by atoms with Crippen molar-refractivity contribution in [3.63, 3.8) is 0 Å². The number of hydrazone groups is 1. The minimum absolute atomic E-state index is 0.0933. The topological polar surface area (TPSA) is 168 Å². The Morgan fingerprint density at radius 2 is 2.00 bits per heavy atom. The zero-order valence-corrected chi connectivity index (χ0v) is 15.7. The first-order valence-corrected chi connectivity index (χ1v) is 8.35. The number of carbonyl (C=O) groups is 2. The Morgan fingerprint density at radius 3 is 2.66 bits per heavy atom. The predicted molar refractivity (Wildman–Crippen MR) is 103 cm³/mol. The number of H-pyrrole nitrogens is 1. The second kappa shape index (κ2) is 8.42. The summed E-state index contributed by atoms with van der Waals surface area (Å²) in [6.07, 6.45) is 1.62. The number of hydrogen-bond acceptors (Lipinski definition) is 9. The highest BCUT2D eigenvalue weighted by atomic mass is 35.5. The number of halogens is 2. The van der Waals surface area contributed by atoms with E-state index in [2.05, 4.69) is 30.2 Å². The zero-order chi connectivity index (χ0) is 21.0. The molecule has 1 amide bonds. The first-order chi connectivity index (χ1) is 13.9. The Kier molecular flexibility index (Phi) is 5.77. The van der Waals surface area contributed by atoms with Crippen molar-refractivity contribution in [3.05, 3.63) is 40.8 Å². The molecule has 0 saturated heterocycles. The van der Waals surface area contributed by atoms with Crippen LogP contribution in [0.3, 0.4) is 0 Å². The molecule has 3 rings (SSSR count). The van der Waals surface area contributed by atoms with Gasteiger partial charge in [0.25, 0.3) is 0 Å². The third kappa shape index (κ3) is 4.52. The number of anilines is 1. The maximum absolute atomic E-state index is 11.5. The minimum atomic E-state index is -1.37. The van der Waals surface area contributed by atoms with Crippen LogP contribution < -0.4 is 15.9 Å². The molecule has 11 nitrogen and oxygen atoms in total. The number of rotatable bonds is 5. The number of esters is 1. The van der Waals surface area contributed by atoms with E-state index in [-0.39, 0.29) is 27.4 Å². The van der Waals surface area contributed by atoms with Crippen molar-refractivity contribution in [3.8, 4) is 17.7 Å². The number of nitrogens with one attached hydrogen (secondary N) is 2. The Labute approximate surface area is 172 Å². The van der Waals surface area contributed by atoms with Gasteiger partial charge in [0, 0.05) is 6.20 Å². The van der Waals surface area contributed by atoms with Crippen LogP contribution in [0.15, 0.2) is 35.8 Å². The number of primary amides is 1. The van der Waals surface area contributed by atoms with Gasteiger partial charge < -0.3 is 20.2 Å². The lowest BCUT2D eigenvalue weighted by atomic mass is 10.3. The molecule has 1 aromatic carbocycles. The van der Waals surface area contributed by atoms with Crippen molar-refractivity contribution in [1.82, 2.24) is 15.0 Å². The maximum atomic E-state index is 11.5. The predicted octanol–water partition coefficient (Wildman–Crippen LogP) is 2.97. The van der Waals surface area contributed by atoms with Gasteiger partial charge in [0.2, 0.25) is 11.6 Å². The van der Waals surface area contributed by atoms with Crippen molar-refractivity contribution in [2.75, 3.05) is 5.43 Å². The fourth-order valence-corrected chi connectivity index (χ4v) is 2.69. The molecule has 13 heteroatoms. The van der Waals surface area contributed by atoms with E-state index in [4.69, 9.17) is 38.9 Å². The number of amides is 1. The lowest BCUT2D eigenvalue weighted by Crippen LogP contribution is -2.24. The molecule has 0 saturated carbocycles. The van der Waals surface area contributed by atoms with Crippen LogP contribution in [-0.2, 0) is 9.53 Å². The molecule has 0 aliphatic carbocycles. The third-order valence-electron chi connectivity index (χ3n) is 3.30. The van der Waals surface area contributed by atoms with Crippen molar-refractivity contribution in [2.45, 2.75) is 0 Å². The summed E-state index contributed by atoms with van der Waals surface area (Å²) in [5, 5.41) is 13.3. The number of carbonyl (C=O) groups excluding carboxylic acids is 2. The highest BCUT2D eigenvalue weighted by Gasteiger charge is 2.17. The highest BCUT2D eigenvalue weighted by Crippen LogP contribution is 2.39. The van der Waals surface area contributed by atoms with Crippen molar-refractivity contribution in [1.29, 1.82) is 5.26 Å². The molecular weight excluding hydrogens is 425 g/mol. The number of nitriles is 1. The molecule has 0 atom stereocenters. The molecule has 0 unspecified atom stereocenters. The standard InChI is InChI=1S/C16H9Cl2N7O4/c17-9-3-7(24-25-11(5-19)15(26)29-16(20)27)4-10(18)12(9)28-14-8-1-2-21-13(8)22-6-23-14/h1-4,6,24H,(H2,20,27)(H,21,22,23). The summed E-state index contributed by atoms with van der Waals surface area (Å²) in [5.41, 5.74) is 7.17. The van der Waals surface area contributed by atoms with Gasteiger partial charge in [0.15, 0.2) is 5.75 Å². The second-order valence-corrected chi connectivity index (χ2v) is 6.00. The van der Waals surface area contributed by atoms with Gasteiger partial charge in [-0.2, -0.15) is 10.4 Å². The number of benzene rings is 1. The van der Waals surface area contributed by atoms with E-state index in [0.717, 1.165) is 0 Å². The normalized spacial score (nSPS) is 11.0. The quantitative estimate of drug-likeness (QED) is 0.238. The van der Waals surface area contributed by atoms with Gasteiger partial charge in [-0.15, -0.1) is 0 Å². The molecule has 0 aliphatic rings. The zero-order valence-electron chi connectivity index (χ0n) is 14.1. The molecule has 0 aliphatic heterocycles. The van der Waals surface area contributed by atoms with E-state index < -0.39 is 17.8 Å². The third-order valence-corrected chi connectivity index (χ3v) is 3.87. The van der Waals surface area contributed by atoms with E-state index in [1.165, 1.54) is 24.5 Å². The molecule has 0 bridgehead atoms. The van der Waals surface area contributed by atoms with Crippen LogP contribution in [0, 0.1) is 11.3 Å². The molecule has 0 fully saturated rings. The van der Waals surface area contributed by atoms with Gasteiger partial charge in [-0.3, -0.25) is 5.43 Å². The lowest BCUT2D eigenvalue weighted by Gasteiger charge is -2.11. The van der Waals surface area contributed by atoms with Gasteiger partial charge in [-0.1, -0.05) is 23.2 Å². The summed E-state index contributed by atoms with van der Waals surface area (Å²) >= 11 is 12.4. The van der Waals surface area contributed by atoms with Crippen LogP contribution in [0.25, 0.3) is 11.0 Å². The van der Waals surface area contributed by atoms with Crippen LogP contribution in [0.4, 0.5) is 10.5 Å². The summed E-state index contributed by atoms with van der Waals surface area (Å²) in [5.74, 6) is -0.957. The van der Waals surface area contributed by atoms with E-state index in [9.17, 15) is 9.59 Å². The molecule has 146 valence electrons. The number of aromatic nitrogens is 3. The molecule has 4 N–H and O–H groups in total. The second-order valence-electron chi connectivity index (χ2n) is 5.18. The highest BCUT2D eigenvalue weighted by molar-refractivity contribution is 6.44. The molecule has 3 aromatic rings. The lowest BCUT2D eigenvalue weighted by molar-refractivity contribution is -0.129. The Bertz CT molecular complexity index is 1160. The Morgan fingerprint density at radius 1 is 1.28 bits per heavy atom. The van der Waals surface area contributed by atoms with E-state index >= 15 is 0 Å². The Hall–Kier alpha value is -3.88. The maximum Gasteiger partial charge on any atom is 0.412 e. The molecule has 29 heavy (non-hydrogen) atoms. The fraction of sp³-hybridized carbons (Fsp3) is 0. The van der Waals surface area contributed by atoms with Crippen molar-refractivity contribution < 1.29 is 19.1 Å². The number of nitrogens with zero attached hydrogens (tertiary/aromatic N) is 4. The average molecular weight is 434 g/mol. The van der Waals surface area contributed by atoms with Crippen LogP contribution in [0.1, 0.15) is 0 Å². The number of ether oxygens (including phenoxy) is 2. The smallest absolute Gasteiger partial charge is 0.412 e. The summed E-state index contributed by atoms with van der Waals surface area (Å²) < 4.78 is 9.79. The van der Waals surface area contributed by atoms with E-state index in [1.54, 1.807) is 12.3 Å². The van der Waals surface area contributed by atoms with E-state index in [0.29, 0.717) is 11.0 Å².